The molecule has 32 heavy (non-hydrogen) atoms. The van der Waals surface area contributed by atoms with Gasteiger partial charge < -0.3 is 5.32 Å². The van der Waals surface area contributed by atoms with Gasteiger partial charge in [0.2, 0.25) is 0 Å². The smallest absolute Gasteiger partial charge is 0.252 e. The van der Waals surface area contributed by atoms with E-state index in [2.05, 4.69) is 41.5 Å². The lowest BCUT2D eigenvalue weighted by molar-refractivity contribution is 0.0941. The molecule has 0 spiro atoms. The lowest BCUT2D eigenvalue weighted by atomic mass is 10.0. The normalized spacial score (nSPS) is 12.3. The molecule has 1 N–H and O–H groups in total. The lowest BCUT2D eigenvalue weighted by Gasteiger charge is -2.15. The summed E-state index contributed by atoms with van der Waals surface area (Å²) in [6, 6.07) is 9.90. The number of nitrogens with one attached hydrogen (secondary N) is 1. The van der Waals surface area contributed by atoms with Gasteiger partial charge in [0.05, 0.1) is 34.6 Å². The molecule has 3 heterocycles. The maximum Gasteiger partial charge on any atom is 0.252 e. The minimum Gasteiger partial charge on any atom is -0.345 e. The van der Waals surface area contributed by atoms with E-state index < -0.39 is 0 Å². The predicted molar refractivity (Wildman–Crippen MR) is 127 cm³/mol. The van der Waals surface area contributed by atoms with Crippen molar-refractivity contribution in [3.63, 3.8) is 0 Å². The van der Waals surface area contributed by atoms with Gasteiger partial charge in [-0.25, -0.2) is 9.67 Å². The highest BCUT2D eigenvalue weighted by atomic mass is 16.1. The highest BCUT2D eigenvalue weighted by molar-refractivity contribution is 6.07. The molecule has 0 aliphatic carbocycles. The fourth-order valence-electron chi connectivity index (χ4n) is 4.18. The molecule has 1 amide bonds. The minimum absolute atomic E-state index is 0.138. The quantitative estimate of drug-likeness (QED) is 0.479. The van der Waals surface area contributed by atoms with Crippen molar-refractivity contribution >= 4 is 16.9 Å². The number of amides is 1. The third-order valence-corrected chi connectivity index (χ3v) is 6.02. The molecule has 0 aliphatic rings. The summed E-state index contributed by atoms with van der Waals surface area (Å²) in [5, 5.41) is 13.0. The predicted octanol–water partition coefficient (Wildman–Crippen LogP) is 4.75. The molecule has 0 saturated carbocycles. The molecule has 4 aromatic rings. The second-order valence-corrected chi connectivity index (χ2v) is 8.22. The number of hydrogen-bond donors (Lipinski definition) is 1. The van der Waals surface area contributed by atoms with Gasteiger partial charge in [-0.2, -0.15) is 10.2 Å². The van der Waals surface area contributed by atoms with Crippen LogP contribution in [0.2, 0.25) is 0 Å². The van der Waals surface area contributed by atoms with Crippen LogP contribution in [0.25, 0.3) is 22.3 Å². The van der Waals surface area contributed by atoms with Crippen molar-refractivity contribution in [3.05, 3.63) is 64.6 Å². The molecule has 0 fully saturated rings. The van der Waals surface area contributed by atoms with Crippen LogP contribution < -0.4 is 5.32 Å². The number of rotatable bonds is 6. The Labute approximate surface area is 188 Å². The van der Waals surface area contributed by atoms with Gasteiger partial charge in [-0.05, 0) is 47.6 Å². The van der Waals surface area contributed by atoms with Crippen LogP contribution in [0.3, 0.4) is 0 Å². The Morgan fingerprint density at radius 3 is 2.38 bits per heavy atom. The second kappa shape index (κ2) is 8.57. The summed E-state index contributed by atoms with van der Waals surface area (Å²) >= 11 is 0. The van der Waals surface area contributed by atoms with E-state index in [4.69, 9.17) is 4.98 Å². The molecule has 4 rings (SSSR count). The van der Waals surface area contributed by atoms with E-state index in [1.165, 1.54) is 5.56 Å². The standard InChI is InChI=1S/C25H30N6O/c1-7-30-18(6)21(14-26-30)16(4)27-25(32)20-13-22(19-11-9-15(3)10-12-19)28-24-23(20)17(5)29-31(24)8-2/h9-14,16H,7-8H2,1-6H3,(H,27,32)/t16-/m0/s1. The maximum atomic E-state index is 13.5. The van der Waals surface area contributed by atoms with Gasteiger partial charge in [0.25, 0.3) is 5.91 Å². The molecule has 0 bridgehead atoms. The first-order valence-electron chi connectivity index (χ1n) is 11.1. The van der Waals surface area contributed by atoms with E-state index in [9.17, 15) is 4.79 Å². The molecule has 7 heteroatoms. The number of aromatic nitrogens is 5. The Morgan fingerprint density at radius 1 is 1.06 bits per heavy atom. The number of hydrogen-bond acceptors (Lipinski definition) is 4. The maximum absolute atomic E-state index is 13.5. The van der Waals surface area contributed by atoms with Crippen molar-refractivity contribution in [2.75, 3.05) is 0 Å². The number of nitrogens with zero attached hydrogens (tertiary/aromatic N) is 5. The molecule has 0 unspecified atom stereocenters. The number of benzene rings is 1. The van der Waals surface area contributed by atoms with Crippen molar-refractivity contribution < 1.29 is 4.79 Å². The molecule has 166 valence electrons. The van der Waals surface area contributed by atoms with Gasteiger partial charge in [0.15, 0.2) is 5.65 Å². The van der Waals surface area contributed by atoms with Crippen molar-refractivity contribution in [3.8, 4) is 11.3 Å². The first-order chi connectivity index (χ1) is 15.3. The second-order valence-electron chi connectivity index (χ2n) is 8.22. The Hall–Kier alpha value is -3.48. The van der Waals surface area contributed by atoms with Crippen LogP contribution in [0, 0.1) is 20.8 Å². The molecule has 0 aliphatic heterocycles. The molecular weight excluding hydrogens is 400 g/mol. The van der Waals surface area contributed by atoms with Gasteiger partial charge in [-0.15, -0.1) is 0 Å². The van der Waals surface area contributed by atoms with Gasteiger partial charge in [0.1, 0.15) is 0 Å². The SMILES string of the molecule is CCn1ncc([C@H](C)NC(=O)c2cc(-c3ccc(C)cc3)nc3c2c(C)nn3CC)c1C. The van der Waals surface area contributed by atoms with Crippen LogP contribution in [0.15, 0.2) is 36.5 Å². The molecular formula is C25H30N6O. The topological polar surface area (TPSA) is 77.6 Å². The number of pyridine rings is 1. The average Bonchev–Trinajstić information content (AvgIpc) is 3.32. The van der Waals surface area contributed by atoms with Crippen molar-refractivity contribution in [1.82, 2.24) is 29.9 Å². The molecule has 0 saturated heterocycles. The molecule has 3 aromatic heterocycles. The zero-order valence-electron chi connectivity index (χ0n) is 19.6. The van der Waals surface area contributed by atoms with E-state index in [0.717, 1.165) is 45.8 Å². The summed E-state index contributed by atoms with van der Waals surface area (Å²) in [5.74, 6) is -0.138. The Bertz CT molecular complexity index is 1280. The van der Waals surface area contributed by atoms with Crippen molar-refractivity contribution in [2.45, 2.75) is 60.7 Å². The van der Waals surface area contributed by atoms with Crippen LogP contribution in [-0.2, 0) is 13.1 Å². The minimum atomic E-state index is -0.171. The first kappa shape index (κ1) is 21.7. The van der Waals surface area contributed by atoms with Crippen LogP contribution in [-0.4, -0.2) is 30.5 Å². The number of carbonyl (C=O) groups excluding carboxylic acids is 1. The number of fused-ring (bicyclic) bond motifs is 1. The third kappa shape index (κ3) is 3.79. The van der Waals surface area contributed by atoms with Gasteiger partial charge in [-0.3, -0.25) is 9.48 Å². The highest BCUT2D eigenvalue weighted by Crippen LogP contribution is 2.28. The van der Waals surface area contributed by atoms with E-state index >= 15 is 0 Å². The monoisotopic (exact) mass is 430 g/mol. The van der Waals surface area contributed by atoms with Crippen LogP contribution in [0.1, 0.15) is 59.7 Å². The van der Waals surface area contributed by atoms with Gasteiger partial charge in [-0.1, -0.05) is 29.8 Å². The number of aryl methyl sites for hydroxylation is 4. The van der Waals surface area contributed by atoms with E-state index in [1.807, 2.05) is 61.5 Å². The highest BCUT2D eigenvalue weighted by Gasteiger charge is 2.22. The summed E-state index contributed by atoms with van der Waals surface area (Å²) in [5.41, 5.74) is 7.13. The number of carbonyl (C=O) groups is 1. The van der Waals surface area contributed by atoms with Gasteiger partial charge >= 0.3 is 0 Å². The van der Waals surface area contributed by atoms with Crippen LogP contribution in [0.5, 0.6) is 0 Å². The van der Waals surface area contributed by atoms with E-state index in [-0.39, 0.29) is 11.9 Å². The third-order valence-electron chi connectivity index (χ3n) is 6.02. The first-order valence-corrected chi connectivity index (χ1v) is 11.1. The zero-order valence-corrected chi connectivity index (χ0v) is 19.6. The Balaban J connectivity index is 1.79. The van der Waals surface area contributed by atoms with Crippen molar-refractivity contribution in [1.29, 1.82) is 0 Å². The summed E-state index contributed by atoms with van der Waals surface area (Å²) < 4.78 is 3.80. The van der Waals surface area contributed by atoms with Crippen LogP contribution >= 0.6 is 0 Å². The van der Waals surface area contributed by atoms with Crippen molar-refractivity contribution in [2.24, 2.45) is 0 Å². The fourth-order valence-corrected chi connectivity index (χ4v) is 4.18. The summed E-state index contributed by atoms with van der Waals surface area (Å²) in [6.45, 7) is 13.6. The summed E-state index contributed by atoms with van der Waals surface area (Å²) in [6.07, 6.45) is 1.84. The molecule has 7 nitrogen and oxygen atoms in total. The average molecular weight is 431 g/mol. The Kier molecular flexibility index (Phi) is 5.82. The lowest BCUT2D eigenvalue weighted by Crippen LogP contribution is -2.27. The fraction of sp³-hybridized carbons (Fsp3) is 0.360. The van der Waals surface area contributed by atoms with Gasteiger partial charge in [0, 0.05) is 29.9 Å². The van der Waals surface area contributed by atoms with Crippen LogP contribution in [0.4, 0.5) is 0 Å². The van der Waals surface area contributed by atoms with E-state index in [1.54, 1.807) is 0 Å². The largest absolute Gasteiger partial charge is 0.345 e. The molecule has 1 atom stereocenters. The van der Waals surface area contributed by atoms with E-state index in [0.29, 0.717) is 12.1 Å². The summed E-state index contributed by atoms with van der Waals surface area (Å²) in [7, 11) is 0. The summed E-state index contributed by atoms with van der Waals surface area (Å²) in [4.78, 5) is 18.4. The molecule has 0 radical (unpaired) electrons. The zero-order chi connectivity index (χ0) is 23.0. The molecule has 1 aromatic carbocycles. The Morgan fingerprint density at radius 2 is 1.75 bits per heavy atom.